The number of piperazine rings is 1. The number of hydrogen-bond acceptors (Lipinski definition) is 3. The Kier molecular flexibility index (Phi) is 3.55. The molecule has 1 aliphatic rings. The summed E-state index contributed by atoms with van der Waals surface area (Å²) >= 11 is 0. The highest BCUT2D eigenvalue weighted by Crippen LogP contribution is 2.22. The number of benzene rings is 1. The molecule has 0 aliphatic carbocycles. The third-order valence-electron chi connectivity index (χ3n) is 3.91. The minimum Gasteiger partial charge on any atom is -0.399 e. The molecule has 1 amide bonds. The van der Waals surface area contributed by atoms with Crippen LogP contribution < -0.4 is 5.73 Å². The van der Waals surface area contributed by atoms with Crippen molar-refractivity contribution in [1.29, 1.82) is 0 Å². The van der Waals surface area contributed by atoms with E-state index < -0.39 is 0 Å². The van der Waals surface area contributed by atoms with Crippen molar-refractivity contribution in [3.05, 3.63) is 30.0 Å². The van der Waals surface area contributed by atoms with Crippen molar-refractivity contribution < 1.29 is 4.79 Å². The van der Waals surface area contributed by atoms with Crippen LogP contribution in [0.2, 0.25) is 0 Å². The smallest absolute Gasteiger partial charge is 0.256 e. The van der Waals surface area contributed by atoms with Crippen LogP contribution in [0.4, 0.5) is 5.69 Å². The van der Waals surface area contributed by atoms with Crippen LogP contribution >= 0.6 is 0 Å². The summed E-state index contributed by atoms with van der Waals surface area (Å²) in [4.78, 5) is 19.8. The van der Waals surface area contributed by atoms with Gasteiger partial charge >= 0.3 is 0 Å². The molecule has 108 valence electrons. The summed E-state index contributed by atoms with van der Waals surface area (Å²) in [6, 6.07) is 5.56. The Morgan fingerprint density at radius 1 is 1.33 bits per heavy atom. The zero-order valence-corrected chi connectivity index (χ0v) is 11.8. The third-order valence-corrected chi connectivity index (χ3v) is 3.91. The van der Waals surface area contributed by atoms with Gasteiger partial charge in [-0.25, -0.2) is 0 Å². The average molecular weight is 282 g/mol. The molecule has 0 radical (unpaired) electrons. The molecule has 3 rings (SSSR count). The molecule has 0 unspecified atom stereocenters. The highest BCUT2D eigenvalue weighted by molar-refractivity contribution is 6.07. The number of aromatic nitrogens is 1. The molecular formula is C16H18N4O. The van der Waals surface area contributed by atoms with E-state index in [1.165, 1.54) is 0 Å². The van der Waals surface area contributed by atoms with Crippen molar-refractivity contribution >= 4 is 22.5 Å². The second kappa shape index (κ2) is 5.51. The standard InChI is InChI=1S/C16H18N4O/c1-2-5-19-6-8-20(9-7-19)16(21)14-11-18-15-4-3-12(17)10-13(14)15/h1,3-4,10-11,18H,5-9,17H2. The number of aromatic amines is 1. The predicted molar refractivity (Wildman–Crippen MR) is 83.9 cm³/mol. The van der Waals surface area contributed by atoms with E-state index in [4.69, 9.17) is 12.2 Å². The molecule has 5 heteroatoms. The van der Waals surface area contributed by atoms with Crippen LogP contribution in [0, 0.1) is 12.3 Å². The van der Waals surface area contributed by atoms with E-state index in [0.29, 0.717) is 30.9 Å². The second-order valence-corrected chi connectivity index (χ2v) is 5.28. The van der Waals surface area contributed by atoms with Gasteiger partial charge in [0.15, 0.2) is 0 Å². The average Bonchev–Trinajstić information content (AvgIpc) is 2.90. The van der Waals surface area contributed by atoms with Gasteiger partial charge in [-0.05, 0) is 18.2 Å². The molecule has 2 heterocycles. The lowest BCUT2D eigenvalue weighted by Crippen LogP contribution is -2.48. The topological polar surface area (TPSA) is 65.4 Å². The van der Waals surface area contributed by atoms with Crippen LogP contribution in [0.25, 0.3) is 10.9 Å². The maximum Gasteiger partial charge on any atom is 0.256 e. The van der Waals surface area contributed by atoms with Crippen LogP contribution in [-0.2, 0) is 0 Å². The Balaban J connectivity index is 1.79. The number of hydrogen-bond donors (Lipinski definition) is 2. The monoisotopic (exact) mass is 282 g/mol. The highest BCUT2D eigenvalue weighted by Gasteiger charge is 2.23. The summed E-state index contributed by atoms with van der Waals surface area (Å²) in [5.74, 6) is 2.69. The van der Waals surface area contributed by atoms with Crippen molar-refractivity contribution in [2.45, 2.75) is 0 Å². The molecule has 1 aromatic carbocycles. The van der Waals surface area contributed by atoms with Gasteiger partial charge in [-0.1, -0.05) is 5.92 Å². The SMILES string of the molecule is C#CCN1CCN(C(=O)c2c[nH]c3ccc(N)cc23)CC1. The summed E-state index contributed by atoms with van der Waals surface area (Å²) < 4.78 is 0. The molecule has 1 aliphatic heterocycles. The number of amides is 1. The van der Waals surface area contributed by atoms with Crippen molar-refractivity contribution in [1.82, 2.24) is 14.8 Å². The van der Waals surface area contributed by atoms with Crippen molar-refractivity contribution in [2.24, 2.45) is 0 Å². The number of rotatable bonds is 2. The highest BCUT2D eigenvalue weighted by atomic mass is 16.2. The van der Waals surface area contributed by atoms with Crippen LogP contribution in [0.5, 0.6) is 0 Å². The first-order valence-corrected chi connectivity index (χ1v) is 7.01. The minimum atomic E-state index is 0.0483. The van der Waals surface area contributed by atoms with Gasteiger partial charge in [0.2, 0.25) is 0 Å². The number of anilines is 1. The Morgan fingerprint density at radius 3 is 2.81 bits per heavy atom. The van der Waals surface area contributed by atoms with Gasteiger partial charge in [0, 0.05) is 49.0 Å². The lowest BCUT2D eigenvalue weighted by Gasteiger charge is -2.33. The number of nitrogens with two attached hydrogens (primary N) is 1. The van der Waals surface area contributed by atoms with Crippen LogP contribution in [0.3, 0.4) is 0 Å². The third kappa shape index (κ3) is 2.58. The maximum atomic E-state index is 12.7. The Hall–Kier alpha value is -2.45. The number of terminal acetylenes is 1. The normalized spacial score (nSPS) is 16.0. The molecule has 2 aromatic rings. The summed E-state index contributed by atoms with van der Waals surface area (Å²) in [6.07, 6.45) is 7.08. The molecule has 1 fully saturated rings. The molecule has 1 saturated heterocycles. The van der Waals surface area contributed by atoms with E-state index in [0.717, 1.165) is 24.0 Å². The van der Waals surface area contributed by atoms with Crippen LogP contribution in [0.15, 0.2) is 24.4 Å². The molecular weight excluding hydrogens is 264 g/mol. The lowest BCUT2D eigenvalue weighted by molar-refractivity contribution is 0.0654. The van der Waals surface area contributed by atoms with E-state index in [1.54, 1.807) is 6.20 Å². The van der Waals surface area contributed by atoms with Gasteiger partial charge in [0.1, 0.15) is 0 Å². The number of carbonyl (C=O) groups is 1. The van der Waals surface area contributed by atoms with E-state index in [-0.39, 0.29) is 5.91 Å². The number of H-pyrrole nitrogens is 1. The van der Waals surface area contributed by atoms with E-state index in [9.17, 15) is 4.79 Å². The first-order valence-electron chi connectivity index (χ1n) is 7.01. The summed E-state index contributed by atoms with van der Waals surface area (Å²) in [7, 11) is 0. The molecule has 0 saturated carbocycles. The van der Waals surface area contributed by atoms with E-state index >= 15 is 0 Å². The minimum absolute atomic E-state index is 0.0483. The molecule has 21 heavy (non-hydrogen) atoms. The summed E-state index contributed by atoms with van der Waals surface area (Å²) in [5, 5.41) is 0.881. The fraction of sp³-hybridized carbons (Fsp3) is 0.312. The number of carbonyl (C=O) groups excluding carboxylic acids is 1. The van der Waals surface area contributed by atoms with Gasteiger partial charge in [0.05, 0.1) is 12.1 Å². The van der Waals surface area contributed by atoms with Crippen molar-refractivity contribution in [3.63, 3.8) is 0 Å². The first-order chi connectivity index (χ1) is 10.2. The lowest BCUT2D eigenvalue weighted by atomic mass is 10.1. The maximum absolute atomic E-state index is 12.7. The zero-order chi connectivity index (χ0) is 14.8. The Labute approximate surface area is 123 Å². The van der Waals surface area contributed by atoms with Gasteiger partial charge in [-0.2, -0.15) is 0 Å². The Bertz CT molecular complexity index is 705. The molecule has 0 spiro atoms. The molecule has 5 nitrogen and oxygen atoms in total. The quantitative estimate of drug-likeness (QED) is 0.641. The fourth-order valence-corrected chi connectivity index (χ4v) is 2.72. The molecule has 0 bridgehead atoms. The van der Waals surface area contributed by atoms with E-state index in [1.807, 2.05) is 23.1 Å². The van der Waals surface area contributed by atoms with E-state index in [2.05, 4.69) is 15.8 Å². The molecule has 0 atom stereocenters. The van der Waals surface area contributed by atoms with Crippen molar-refractivity contribution in [2.75, 3.05) is 38.5 Å². The molecule has 1 aromatic heterocycles. The number of nitrogens with zero attached hydrogens (tertiary/aromatic N) is 2. The zero-order valence-electron chi connectivity index (χ0n) is 11.8. The number of nitrogen functional groups attached to an aromatic ring is 1. The second-order valence-electron chi connectivity index (χ2n) is 5.28. The largest absolute Gasteiger partial charge is 0.399 e. The number of nitrogens with one attached hydrogen (secondary N) is 1. The van der Waals surface area contributed by atoms with Crippen LogP contribution in [0.1, 0.15) is 10.4 Å². The van der Waals surface area contributed by atoms with Gasteiger partial charge in [-0.15, -0.1) is 6.42 Å². The number of fused-ring (bicyclic) bond motifs is 1. The van der Waals surface area contributed by atoms with Crippen LogP contribution in [-0.4, -0.2) is 53.4 Å². The van der Waals surface area contributed by atoms with Gasteiger partial charge in [-0.3, -0.25) is 9.69 Å². The first kappa shape index (κ1) is 13.5. The fourth-order valence-electron chi connectivity index (χ4n) is 2.72. The Morgan fingerprint density at radius 2 is 2.10 bits per heavy atom. The summed E-state index contributed by atoms with van der Waals surface area (Å²) in [5.41, 5.74) is 8.09. The predicted octanol–water partition coefficient (Wildman–Crippen LogP) is 1.14. The molecule has 3 N–H and O–H groups in total. The summed E-state index contributed by atoms with van der Waals surface area (Å²) in [6.45, 7) is 3.69. The van der Waals surface area contributed by atoms with Gasteiger partial charge < -0.3 is 15.6 Å². The van der Waals surface area contributed by atoms with Crippen molar-refractivity contribution in [3.8, 4) is 12.3 Å². The van der Waals surface area contributed by atoms with Gasteiger partial charge in [0.25, 0.3) is 5.91 Å².